The Bertz CT molecular complexity index is 571. The van der Waals surface area contributed by atoms with Crippen LogP contribution in [0, 0.1) is 5.82 Å². The lowest BCUT2D eigenvalue weighted by Gasteiger charge is -2.04. The summed E-state index contributed by atoms with van der Waals surface area (Å²) in [7, 11) is 0. The number of thiazole rings is 1. The van der Waals surface area contributed by atoms with Gasteiger partial charge in [-0.1, -0.05) is 18.2 Å². The highest BCUT2D eigenvalue weighted by atomic mass is 32.1. The summed E-state index contributed by atoms with van der Waals surface area (Å²) in [5.41, 5.74) is 6.38. The van der Waals surface area contributed by atoms with Crippen molar-refractivity contribution >= 4 is 17.2 Å². The third-order valence-corrected chi connectivity index (χ3v) is 3.47. The maximum absolute atomic E-state index is 13.3. The Labute approximate surface area is 114 Å². The highest BCUT2D eigenvalue weighted by Gasteiger charge is 2.09. The summed E-state index contributed by atoms with van der Waals surface area (Å²) in [5, 5.41) is 5.10. The van der Waals surface area contributed by atoms with E-state index in [-0.39, 0.29) is 11.7 Å². The third kappa shape index (κ3) is 3.59. The molecule has 19 heavy (non-hydrogen) atoms. The molecular formula is C13H14FN3OS. The highest BCUT2D eigenvalue weighted by molar-refractivity contribution is 7.09. The minimum absolute atomic E-state index is 0.254. The zero-order valence-corrected chi connectivity index (χ0v) is 11.0. The first-order valence-corrected chi connectivity index (χ1v) is 6.74. The molecule has 100 valence electrons. The van der Waals surface area contributed by atoms with Gasteiger partial charge in [-0.15, -0.1) is 11.3 Å². The molecule has 2 aromatic rings. The van der Waals surface area contributed by atoms with E-state index in [4.69, 9.17) is 5.73 Å². The number of amides is 1. The molecule has 0 radical (unpaired) electrons. The summed E-state index contributed by atoms with van der Waals surface area (Å²) < 4.78 is 13.3. The Morgan fingerprint density at radius 2 is 2.21 bits per heavy atom. The minimum Gasteiger partial charge on any atom is -0.350 e. The molecule has 0 bridgehead atoms. The second-order valence-corrected chi connectivity index (χ2v) is 4.87. The van der Waals surface area contributed by atoms with Gasteiger partial charge in [0.2, 0.25) is 0 Å². The van der Waals surface area contributed by atoms with Gasteiger partial charge in [-0.25, -0.2) is 9.37 Å². The number of hydrogen-bond donors (Lipinski definition) is 2. The fourth-order valence-electron chi connectivity index (χ4n) is 1.61. The first-order chi connectivity index (χ1) is 9.20. The molecule has 1 heterocycles. The quantitative estimate of drug-likeness (QED) is 0.875. The molecule has 1 aromatic heterocycles. The van der Waals surface area contributed by atoms with E-state index in [1.807, 2.05) is 0 Å². The van der Waals surface area contributed by atoms with Crippen molar-refractivity contribution in [2.45, 2.75) is 13.0 Å². The Morgan fingerprint density at radius 3 is 2.89 bits per heavy atom. The van der Waals surface area contributed by atoms with Crippen molar-refractivity contribution in [2.24, 2.45) is 5.73 Å². The fourth-order valence-corrected chi connectivity index (χ4v) is 2.27. The van der Waals surface area contributed by atoms with Crippen LogP contribution in [0.1, 0.15) is 21.1 Å². The molecule has 0 unspecified atom stereocenters. The predicted molar refractivity (Wildman–Crippen MR) is 72.4 cm³/mol. The number of nitrogens with two attached hydrogens (primary N) is 1. The number of carbonyl (C=O) groups is 1. The van der Waals surface area contributed by atoms with E-state index in [9.17, 15) is 9.18 Å². The van der Waals surface area contributed by atoms with Gasteiger partial charge in [0.1, 0.15) is 16.5 Å². The number of nitrogens with zero attached hydrogens (tertiary/aromatic N) is 1. The molecule has 1 amide bonds. The number of benzene rings is 1. The number of rotatable bonds is 5. The minimum atomic E-state index is -0.257. The topological polar surface area (TPSA) is 68.0 Å². The van der Waals surface area contributed by atoms with Crippen molar-refractivity contribution in [3.63, 3.8) is 0 Å². The van der Waals surface area contributed by atoms with Crippen LogP contribution in [0.3, 0.4) is 0 Å². The van der Waals surface area contributed by atoms with Crippen molar-refractivity contribution in [3.05, 3.63) is 51.7 Å². The summed E-state index contributed by atoms with van der Waals surface area (Å²) in [6.07, 6.45) is 0.451. The van der Waals surface area contributed by atoms with Crippen LogP contribution in [-0.4, -0.2) is 17.4 Å². The molecule has 0 aliphatic rings. The summed E-state index contributed by atoms with van der Waals surface area (Å²) in [5.74, 6) is -0.511. The van der Waals surface area contributed by atoms with E-state index < -0.39 is 0 Å². The first kappa shape index (κ1) is 13.6. The van der Waals surface area contributed by atoms with Gasteiger partial charge >= 0.3 is 0 Å². The van der Waals surface area contributed by atoms with Crippen LogP contribution in [0.5, 0.6) is 0 Å². The van der Waals surface area contributed by atoms with Gasteiger partial charge < -0.3 is 11.1 Å². The largest absolute Gasteiger partial charge is 0.350 e. The standard InChI is InChI=1S/C13H14FN3OS/c14-10-4-2-1-3-9(10)5-6-16-13(18)11-8-19-12(7-15)17-11/h1-4,8H,5-7,15H2,(H,16,18). The van der Waals surface area contributed by atoms with E-state index in [0.717, 1.165) is 5.01 Å². The number of carbonyl (C=O) groups excluding carboxylic acids is 1. The molecule has 0 atom stereocenters. The Morgan fingerprint density at radius 1 is 1.42 bits per heavy atom. The average Bonchev–Trinajstić information content (AvgIpc) is 2.90. The maximum Gasteiger partial charge on any atom is 0.270 e. The van der Waals surface area contributed by atoms with Crippen LogP contribution in [0.4, 0.5) is 4.39 Å². The van der Waals surface area contributed by atoms with Gasteiger partial charge in [-0.2, -0.15) is 0 Å². The lowest BCUT2D eigenvalue weighted by molar-refractivity contribution is 0.0949. The molecule has 6 heteroatoms. The second kappa shape index (κ2) is 6.40. The van der Waals surface area contributed by atoms with E-state index in [1.54, 1.807) is 23.6 Å². The van der Waals surface area contributed by atoms with Crippen LogP contribution in [0.15, 0.2) is 29.6 Å². The molecule has 0 aliphatic heterocycles. The third-order valence-electron chi connectivity index (χ3n) is 2.60. The van der Waals surface area contributed by atoms with Crippen LogP contribution in [-0.2, 0) is 13.0 Å². The zero-order chi connectivity index (χ0) is 13.7. The predicted octanol–water partition coefficient (Wildman–Crippen LogP) is 1.71. The molecule has 0 aliphatic carbocycles. The van der Waals surface area contributed by atoms with E-state index in [0.29, 0.717) is 30.8 Å². The molecule has 0 spiro atoms. The van der Waals surface area contributed by atoms with Crippen molar-refractivity contribution in [3.8, 4) is 0 Å². The van der Waals surface area contributed by atoms with E-state index >= 15 is 0 Å². The SMILES string of the molecule is NCc1nc(C(=O)NCCc2ccccc2F)cs1. The van der Waals surface area contributed by atoms with Gasteiger partial charge in [0.25, 0.3) is 5.91 Å². The first-order valence-electron chi connectivity index (χ1n) is 5.87. The number of nitrogens with one attached hydrogen (secondary N) is 1. The van der Waals surface area contributed by atoms with Crippen LogP contribution in [0.2, 0.25) is 0 Å². The lowest BCUT2D eigenvalue weighted by atomic mass is 10.1. The molecule has 0 saturated carbocycles. The van der Waals surface area contributed by atoms with Crippen molar-refractivity contribution in [1.82, 2.24) is 10.3 Å². The molecule has 3 N–H and O–H groups in total. The summed E-state index contributed by atoms with van der Waals surface area (Å²) in [6.45, 7) is 0.697. The Kier molecular flexibility index (Phi) is 4.59. The van der Waals surface area contributed by atoms with Crippen molar-refractivity contribution in [1.29, 1.82) is 0 Å². The molecule has 0 saturated heterocycles. The Hall–Kier alpha value is -1.79. The monoisotopic (exact) mass is 279 g/mol. The lowest BCUT2D eigenvalue weighted by Crippen LogP contribution is -2.26. The normalized spacial score (nSPS) is 10.4. The maximum atomic E-state index is 13.3. The summed E-state index contributed by atoms with van der Waals surface area (Å²) in [6, 6.07) is 6.53. The summed E-state index contributed by atoms with van der Waals surface area (Å²) in [4.78, 5) is 15.8. The number of halogens is 1. The van der Waals surface area contributed by atoms with Gasteiger partial charge in [0.15, 0.2) is 0 Å². The van der Waals surface area contributed by atoms with Crippen molar-refractivity contribution < 1.29 is 9.18 Å². The molecular weight excluding hydrogens is 265 g/mol. The molecule has 2 rings (SSSR count). The molecule has 0 fully saturated rings. The van der Waals surface area contributed by atoms with Gasteiger partial charge in [0, 0.05) is 18.5 Å². The highest BCUT2D eigenvalue weighted by Crippen LogP contribution is 2.09. The average molecular weight is 279 g/mol. The van der Waals surface area contributed by atoms with Crippen LogP contribution in [0.25, 0.3) is 0 Å². The van der Waals surface area contributed by atoms with Crippen molar-refractivity contribution in [2.75, 3.05) is 6.54 Å². The number of hydrogen-bond acceptors (Lipinski definition) is 4. The fraction of sp³-hybridized carbons (Fsp3) is 0.231. The van der Waals surface area contributed by atoms with Crippen LogP contribution >= 0.6 is 11.3 Å². The smallest absolute Gasteiger partial charge is 0.270 e. The van der Waals surface area contributed by atoms with Gasteiger partial charge in [-0.05, 0) is 18.1 Å². The number of aromatic nitrogens is 1. The molecule has 1 aromatic carbocycles. The van der Waals surface area contributed by atoms with E-state index in [1.165, 1.54) is 17.4 Å². The van der Waals surface area contributed by atoms with E-state index in [2.05, 4.69) is 10.3 Å². The molecule has 4 nitrogen and oxygen atoms in total. The van der Waals surface area contributed by atoms with Gasteiger partial charge in [-0.3, -0.25) is 4.79 Å². The Balaban J connectivity index is 1.86. The van der Waals surface area contributed by atoms with Gasteiger partial charge in [0.05, 0.1) is 0 Å². The summed E-state index contributed by atoms with van der Waals surface area (Å²) >= 11 is 1.35. The van der Waals surface area contributed by atoms with Crippen LogP contribution < -0.4 is 11.1 Å². The second-order valence-electron chi connectivity index (χ2n) is 3.93. The zero-order valence-electron chi connectivity index (χ0n) is 10.2.